The molecule has 1 atom stereocenters. The van der Waals surface area contributed by atoms with Crippen molar-refractivity contribution in [2.45, 2.75) is 16.7 Å². The number of thiophene rings is 1. The normalized spacial score (nSPS) is 20.7. The SMILES string of the molecule is CN1CCC(NS(=O)(=O)c2cc(Cl)c(Br)s2)C1=O. The van der Waals surface area contributed by atoms with Crippen LogP contribution in [-0.2, 0) is 14.8 Å². The van der Waals surface area contributed by atoms with Crippen molar-refractivity contribution in [3.05, 3.63) is 14.9 Å². The lowest BCUT2D eigenvalue weighted by molar-refractivity contribution is -0.127. The molecule has 0 bridgehead atoms. The lowest BCUT2D eigenvalue weighted by Crippen LogP contribution is -2.40. The molecule has 1 saturated heterocycles. The fraction of sp³-hybridized carbons (Fsp3) is 0.444. The number of rotatable bonds is 3. The summed E-state index contributed by atoms with van der Waals surface area (Å²) in [6, 6.07) is 0.682. The average Bonchev–Trinajstić information content (AvgIpc) is 2.77. The minimum atomic E-state index is -3.70. The first-order valence-electron chi connectivity index (χ1n) is 5.03. The largest absolute Gasteiger partial charge is 0.344 e. The fourth-order valence-electron chi connectivity index (χ4n) is 1.64. The zero-order valence-corrected chi connectivity index (χ0v) is 13.3. The molecule has 18 heavy (non-hydrogen) atoms. The van der Waals surface area contributed by atoms with Gasteiger partial charge in [-0.1, -0.05) is 11.6 Å². The van der Waals surface area contributed by atoms with Crippen LogP contribution in [0.15, 0.2) is 14.1 Å². The van der Waals surface area contributed by atoms with Gasteiger partial charge < -0.3 is 4.90 Å². The number of nitrogens with zero attached hydrogens (tertiary/aromatic N) is 1. The average molecular weight is 374 g/mol. The van der Waals surface area contributed by atoms with E-state index in [9.17, 15) is 13.2 Å². The summed E-state index contributed by atoms with van der Waals surface area (Å²) in [5, 5.41) is 0.343. The molecule has 1 aromatic heterocycles. The highest BCUT2D eigenvalue weighted by molar-refractivity contribution is 9.11. The van der Waals surface area contributed by atoms with Crippen LogP contribution in [0.5, 0.6) is 0 Å². The lowest BCUT2D eigenvalue weighted by atomic mass is 10.3. The molecule has 1 aromatic rings. The summed E-state index contributed by atoms with van der Waals surface area (Å²) in [6.45, 7) is 0.556. The molecule has 0 aromatic carbocycles. The van der Waals surface area contributed by atoms with E-state index >= 15 is 0 Å². The van der Waals surface area contributed by atoms with E-state index < -0.39 is 16.1 Å². The van der Waals surface area contributed by atoms with E-state index in [1.165, 1.54) is 11.0 Å². The Morgan fingerprint density at radius 3 is 2.72 bits per heavy atom. The van der Waals surface area contributed by atoms with Gasteiger partial charge in [-0.05, 0) is 28.4 Å². The maximum atomic E-state index is 12.1. The molecular formula is C9H10BrClN2O3S2. The summed E-state index contributed by atoms with van der Waals surface area (Å²) >= 11 is 9.98. The number of hydrogen-bond acceptors (Lipinski definition) is 4. The van der Waals surface area contributed by atoms with Crippen LogP contribution in [0, 0.1) is 0 Å². The van der Waals surface area contributed by atoms with Gasteiger partial charge in [-0.15, -0.1) is 11.3 Å². The lowest BCUT2D eigenvalue weighted by Gasteiger charge is -2.11. The number of carbonyl (C=O) groups is 1. The Kier molecular flexibility index (Phi) is 4.03. The van der Waals surface area contributed by atoms with E-state index in [4.69, 9.17) is 11.6 Å². The molecule has 0 saturated carbocycles. The predicted octanol–water partition coefficient (Wildman–Crippen LogP) is 1.67. The summed E-state index contributed by atoms with van der Waals surface area (Å²) < 4.78 is 27.2. The summed E-state index contributed by atoms with van der Waals surface area (Å²) in [4.78, 5) is 13.2. The monoisotopic (exact) mass is 372 g/mol. The van der Waals surface area contributed by atoms with Crippen molar-refractivity contribution >= 4 is 54.8 Å². The molecule has 2 rings (SSSR count). The molecule has 1 aliphatic heterocycles. The molecule has 1 N–H and O–H groups in total. The molecule has 1 aliphatic rings. The van der Waals surface area contributed by atoms with Crippen molar-refractivity contribution in [2.75, 3.05) is 13.6 Å². The Balaban J connectivity index is 2.20. The maximum Gasteiger partial charge on any atom is 0.250 e. The van der Waals surface area contributed by atoms with E-state index in [2.05, 4.69) is 20.7 Å². The molecule has 0 spiro atoms. The Bertz CT molecular complexity index is 567. The van der Waals surface area contributed by atoms with Gasteiger partial charge in [-0.2, -0.15) is 4.72 Å². The third kappa shape index (κ3) is 2.72. The first-order valence-corrected chi connectivity index (χ1v) is 8.50. The minimum absolute atomic E-state index is 0.0988. The van der Waals surface area contributed by atoms with Crippen LogP contribution in [0.25, 0.3) is 0 Å². The van der Waals surface area contributed by atoms with Crippen molar-refractivity contribution in [1.82, 2.24) is 9.62 Å². The van der Waals surface area contributed by atoms with Gasteiger partial charge in [-0.3, -0.25) is 4.79 Å². The van der Waals surface area contributed by atoms with Crippen LogP contribution in [0.3, 0.4) is 0 Å². The van der Waals surface area contributed by atoms with Gasteiger partial charge in [0.15, 0.2) is 0 Å². The van der Waals surface area contributed by atoms with Crippen LogP contribution in [0.1, 0.15) is 6.42 Å². The highest BCUT2D eigenvalue weighted by Gasteiger charge is 2.33. The molecule has 2 heterocycles. The number of carbonyl (C=O) groups excluding carboxylic acids is 1. The quantitative estimate of drug-likeness (QED) is 0.876. The Labute approximate surface area is 122 Å². The fourth-order valence-corrected chi connectivity index (χ4v) is 5.27. The van der Waals surface area contributed by atoms with E-state index in [1.807, 2.05) is 0 Å². The minimum Gasteiger partial charge on any atom is -0.344 e. The molecular weight excluding hydrogens is 364 g/mol. The highest BCUT2D eigenvalue weighted by atomic mass is 79.9. The number of likely N-dealkylation sites (tertiary alicyclic amines) is 1. The van der Waals surface area contributed by atoms with E-state index in [1.54, 1.807) is 7.05 Å². The number of halogens is 2. The standard InChI is InChI=1S/C9H10BrClN2O3S2/c1-13-3-2-6(9(13)14)12-18(15,16)7-4-5(11)8(10)17-7/h4,6,12H,2-3H2,1H3. The molecule has 9 heteroatoms. The Hall–Kier alpha value is -0.150. The van der Waals surface area contributed by atoms with Gasteiger partial charge in [-0.25, -0.2) is 8.42 Å². The second kappa shape index (κ2) is 5.09. The third-order valence-electron chi connectivity index (χ3n) is 2.61. The van der Waals surface area contributed by atoms with Crippen molar-refractivity contribution in [3.63, 3.8) is 0 Å². The van der Waals surface area contributed by atoms with Gasteiger partial charge in [0, 0.05) is 13.6 Å². The molecule has 0 aliphatic carbocycles. The molecule has 5 nitrogen and oxygen atoms in total. The van der Waals surface area contributed by atoms with Crippen LogP contribution in [0.2, 0.25) is 5.02 Å². The number of sulfonamides is 1. The smallest absolute Gasteiger partial charge is 0.250 e. The molecule has 1 fully saturated rings. The molecule has 1 unspecified atom stereocenters. The zero-order valence-electron chi connectivity index (χ0n) is 9.31. The first-order chi connectivity index (χ1) is 8.31. The summed E-state index contributed by atoms with van der Waals surface area (Å²) in [5.41, 5.74) is 0. The first kappa shape index (κ1) is 14.3. The van der Waals surface area contributed by atoms with E-state index in [0.29, 0.717) is 21.8 Å². The predicted molar refractivity (Wildman–Crippen MR) is 73.4 cm³/mol. The number of hydrogen-bond donors (Lipinski definition) is 1. The summed E-state index contributed by atoms with van der Waals surface area (Å²) in [6.07, 6.45) is 0.481. The Morgan fingerprint density at radius 1 is 1.61 bits per heavy atom. The molecule has 1 amide bonds. The third-order valence-corrected chi connectivity index (χ3v) is 7.03. The highest BCUT2D eigenvalue weighted by Crippen LogP contribution is 2.34. The summed E-state index contributed by atoms with van der Waals surface area (Å²) in [7, 11) is -2.05. The van der Waals surface area contributed by atoms with Crippen molar-refractivity contribution in [1.29, 1.82) is 0 Å². The Morgan fingerprint density at radius 2 is 2.28 bits per heavy atom. The van der Waals surface area contributed by atoms with Crippen molar-refractivity contribution < 1.29 is 13.2 Å². The van der Waals surface area contributed by atoms with Crippen LogP contribution >= 0.6 is 38.9 Å². The van der Waals surface area contributed by atoms with E-state index in [0.717, 1.165) is 11.3 Å². The zero-order chi connectivity index (χ0) is 13.5. The van der Waals surface area contributed by atoms with Gasteiger partial charge in [0.2, 0.25) is 5.91 Å². The van der Waals surface area contributed by atoms with Gasteiger partial charge in [0.1, 0.15) is 10.3 Å². The van der Waals surface area contributed by atoms with E-state index in [-0.39, 0.29) is 10.1 Å². The second-order valence-electron chi connectivity index (χ2n) is 3.91. The van der Waals surface area contributed by atoms with Gasteiger partial charge >= 0.3 is 0 Å². The van der Waals surface area contributed by atoms with Crippen molar-refractivity contribution in [3.8, 4) is 0 Å². The van der Waals surface area contributed by atoms with Gasteiger partial charge in [0.05, 0.1) is 8.81 Å². The van der Waals surface area contributed by atoms with Crippen molar-refractivity contribution in [2.24, 2.45) is 0 Å². The topological polar surface area (TPSA) is 66.5 Å². The van der Waals surface area contributed by atoms with Crippen LogP contribution in [-0.4, -0.2) is 38.9 Å². The second-order valence-corrected chi connectivity index (χ2v) is 8.63. The van der Waals surface area contributed by atoms with Crippen LogP contribution < -0.4 is 4.72 Å². The molecule has 100 valence electrons. The van der Waals surface area contributed by atoms with Gasteiger partial charge in [0.25, 0.3) is 10.0 Å². The molecule has 0 radical (unpaired) electrons. The number of nitrogens with one attached hydrogen (secondary N) is 1. The number of likely N-dealkylation sites (N-methyl/N-ethyl adjacent to an activating group) is 1. The summed E-state index contributed by atoms with van der Waals surface area (Å²) in [5.74, 6) is -0.208. The van der Waals surface area contributed by atoms with Crippen LogP contribution in [0.4, 0.5) is 0 Å². The number of amides is 1. The maximum absolute atomic E-state index is 12.1.